The molecule has 0 saturated heterocycles. The van der Waals surface area contributed by atoms with Crippen molar-refractivity contribution in [1.29, 1.82) is 0 Å². The Labute approximate surface area is 128 Å². The molecule has 2 aromatic carbocycles. The van der Waals surface area contributed by atoms with E-state index >= 15 is 0 Å². The van der Waals surface area contributed by atoms with E-state index in [1.165, 1.54) is 28.7 Å². The van der Waals surface area contributed by atoms with Crippen molar-refractivity contribution in [3.8, 4) is 11.1 Å². The summed E-state index contributed by atoms with van der Waals surface area (Å²) in [6, 6.07) is 17.5. The molecule has 0 aliphatic heterocycles. The van der Waals surface area contributed by atoms with E-state index in [9.17, 15) is 0 Å². The van der Waals surface area contributed by atoms with Crippen LogP contribution in [0.5, 0.6) is 0 Å². The van der Waals surface area contributed by atoms with E-state index in [4.69, 9.17) is 4.74 Å². The molecule has 0 saturated carbocycles. The first-order chi connectivity index (χ1) is 10.3. The fraction of sp³-hybridized carbons (Fsp3) is 0.368. The van der Waals surface area contributed by atoms with E-state index in [0.717, 1.165) is 26.1 Å². The molecule has 0 fully saturated rings. The summed E-state index contributed by atoms with van der Waals surface area (Å²) in [5.74, 6) is 0. The standard InChI is InChI=1S/C19H25NO/c1-3-12-20-15-17-5-4-6-19(14-17)18-9-7-16(8-10-18)11-13-21-2/h4-10,14,20H,3,11-13,15H2,1-2H3. The number of hydrogen-bond acceptors (Lipinski definition) is 2. The molecule has 0 amide bonds. The second-order valence-electron chi connectivity index (χ2n) is 5.32. The van der Waals surface area contributed by atoms with Gasteiger partial charge in [0, 0.05) is 13.7 Å². The van der Waals surface area contributed by atoms with Gasteiger partial charge in [-0.05, 0) is 47.7 Å². The Morgan fingerprint density at radius 2 is 1.76 bits per heavy atom. The molecule has 0 bridgehead atoms. The summed E-state index contributed by atoms with van der Waals surface area (Å²) >= 11 is 0. The van der Waals surface area contributed by atoms with Crippen molar-refractivity contribution in [2.24, 2.45) is 0 Å². The molecule has 112 valence electrons. The maximum atomic E-state index is 5.12. The van der Waals surface area contributed by atoms with Crippen molar-refractivity contribution in [2.45, 2.75) is 26.3 Å². The van der Waals surface area contributed by atoms with Gasteiger partial charge in [0.05, 0.1) is 6.61 Å². The molecule has 0 aromatic heterocycles. The van der Waals surface area contributed by atoms with E-state index in [1.54, 1.807) is 7.11 Å². The lowest BCUT2D eigenvalue weighted by Gasteiger charge is -2.08. The Hall–Kier alpha value is -1.64. The molecule has 0 unspecified atom stereocenters. The SMILES string of the molecule is CCCNCc1cccc(-c2ccc(CCOC)cc2)c1. The predicted molar refractivity (Wildman–Crippen MR) is 89.5 cm³/mol. The van der Waals surface area contributed by atoms with Gasteiger partial charge < -0.3 is 10.1 Å². The molecule has 0 heterocycles. The van der Waals surface area contributed by atoms with Crippen LogP contribution in [0.1, 0.15) is 24.5 Å². The second-order valence-corrected chi connectivity index (χ2v) is 5.32. The zero-order valence-corrected chi connectivity index (χ0v) is 13.1. The summed E-state index contributed by atoms with van der Waals surface area (Å²) in [5.41, 5.74) is 5.21. The highest BCUT2D eigenvalue weighted by molar-refractivity contribution is 5.64. The summed E-state index contributed by atoms with van der Waals surface area (Å²) in [4.78, 5) is 0. The summed E-state index contributed by atoms with van der Waals surface area (Å²) in [6.07, 6.45) is 2.14. The minimum absolute atomic E-state index is 0.776. The Bertz CT molecular complexity index is 534. The van der Waals surface area contributed by atoms with Crippen LogP contribution in [0.3, 0.4) is 0 Å². The monoisotopic (exact) mass is 283 g/mol. The lowest BCUT2D eigenvalue weighted by atomic mass is 10.0. The molecule has 2 aromatic rings. The van der Waals surface area contributed by atoms with Crippen molar-refractivity contribution >= 4 is 0 Å². The fourth-order valence-corrected chi connectivity index (χ4v) is 2.35. The zero-order valence-electron chi connectivity index (χ0n) is 13.1. The van der Waals surface area contributed by atoms with E-state index in [-0.39, 0.29) is 0 Å². The summed E-state index contributed by atoms with van der Waals surface area (Å²) < 4.78 is 5.12. The largest absolute Gasteiger partial charge is 0.384 e. The van der Waals surface area contributed by atoms with Crippen molar-refractivity contribution in [2.75, 3.05) is 20.3 Å². The number of ether oxygens (including phenoxy) is 1. The summed E-state index contributed by atoms with van der Waals surface area (Å²) in [5, 5.41) is 3.45. The minimum Gasteiger partial charge on any atom is -0.384 e. The van der Waals surface area contributed by atoms with Gasteiger partial charge in [0.2, 0.25) is 0 Å². The zero-order chi connectivity index (χ0) is 14.9. The number of hydrogen-bond donors (Lipinski definition) is 1. The van der Waals surface area contributed by atoms with Gasteiger partial charge in [-0.1, -0.05) is 49.4 Å². The van der Waals surface area contributed by atoms with Gasteiger partial charge in [-0.15, -0.1) is 0 Å². The molecular weight excluding hydrogens is 258 g/mol. The summed E-state index contributed by atoms with van der Waals surface area (Å²) in [7, 11) is 1.74. The topological polar surface area (TPSA) is 21.3 Å². The molecule has 0 aliphatic rings. The Morgan fingerprint density at radius 3 is 2.48 bits per heavy atom. The summed E-state index contributed by atoms with van der Waals surface area (Å²) in [6.45, 7) is 4.97. The molecule has 1 N–H and O–H groups in total. The van der Waals surface area contributed by atoms with Gasteiger partial charge >= 0.3 is 0 Å². The molecule has 2 rings (SSSR count). The number of methoxy groups -OCH3 is 1. The average Bonchev–Trinajstić information content (AvgIpc) is 2.54. The van der Waals surface area contributed by atoms with Crippen LogP contribution in [0.4, 0.5) is 0 Å². The maximum absolute atomic E-state index is 5.12. The molecule has 21 heavy (non-hydrogen) atoms. The third kappa shape index (κ3) is 5.00. The quantitative estimate of drug-likeness (QED) is 0.738. The van der Waals surface area contributed by atoms with Gasteiger partial charge in [0.25, 0.3) is 0 Å². The predicted octanol–water partition coefficient (Wildman–Crippen LogP) is 4.04. The first-order valence-electron chi connectivity index (χ1n) is 7.71. The Morgan fingerprint density at radius 1 is 0.952 bits per heavy atom. The first kappa shape index (κ1) is 15.7. The van der Waals surface area contributed by atoms with Crippen molar-refractivity contribution in [3.05, 3.63) is 59.7 Å². The molecule has 2 heteroatoms. The van der Waals surface area contributed by atoms with Crippen LogP contribution in [-0.2, 0) is 17.7 Å². The van der Waals surface area contributed by atoms with Crippen LogP contribution in [0.15, 0.2) is 48.5 Å². The van der Waals surface area contributed by atoms with Crippen LogP contribution in [0, 0.1) is 0 Å². The third-order valence-corrected chi connectivity index (χ3v) is 3.57. The van der Waals surface area contributed by atoms with Crippen LogP contribution in [0.2, 0.25) is 0 Å². The number of rotatable bonds is 8. The number of benzene rings is 2. The second kappa shape index (κ2) is 8.60. The van der Waals surface area contributed by atoms with Crippen molar-refractivity contribution in [3.63, 3.8) is 0 Å². The lowest BCUT2D eigenvalue weighted by Crippen LogP contribution is -2.13. The molecule has 2 nitrogen and oxygen atoms in total. The lowest BCUT2D eigenvalue weighted by molar-refractivity contribution is 0.202. The number of nitrogens with one attached hydrogen (secondary N) is 1. The Balaban J connectivity index is 2.05. The van der Waals surface area contributed by atoms with E-state index < -0.39 is 0 Å². The van der Waals surface area contributed by atoms with Gasteiger partial charge in [-0.25, -0.2) is 0 Å². The molecular formula is C19H25NO. The highest BCUT2D eigenvalue weighted by Crippen LogP contribution is 2.21. The smallest absolute Gasteiger partial charge is 0.0502 e. The fourth-order valence-electron chi connectivity index (χ4n) is 2.35. The molecule has 0 atom stereocenters. The highest BCUT2D eigenvalue weighted by Gasteiger charge is 2.00. The van der Waals surface area contributed by atoms with E-state index in [2.05, 4.69) is 60.8 Å². The molecule has 0 spiro atoms. The normalized spacial score (nSPS) is 10.8. The average molecular weight is 283 g/mol. The highest BCUT2D eigenvalue weighted by atomic mass is 16.5. The van der Waals surface area contributed by atoms with Crippen LogP contribution >= 0.6 is 0 Å². The van der Waals surface area contributed by atoms with Crippen molar-refractivity contribution < 1.29 is 4.74 Å². The van der Waals surface area contributed by atoms with Crippen LogP contribution in [-0.4, -0.2) is 20.3 Å². The maximum Gasteiger partial charge on any atom is 0.0502 e. The Kier molecular flexibility index (Phi) is 6.45. The van der Waals surface area contributed by atoms with Gasteiger partial charge in [-0.2, -0.15) is 0 Å². The van der Waals surface area contributed by atoms with Gasteiger partial charge in [-0.3, -0.25) is 0 Å². The van der Waals surface area contributed by atoms with Crippen LogP contribution in [0.25, 0.3) is 11.1 Å². The third-order valence-electron chi connectivity index (χ3n) is 3.57. The minimum atomic E-state index is 0.776. The van der Waals surface area contributed by atoms with Gasteiger partial charge in [0.1, 0.15) is 0 Å². The van der Waals surface area contributed by atoms with Crippen molar-refractivity contribution in [1.82, 2.24) is 5.32 Å². The van der Waals surface area contributed by atoms with Crippen LogP contribution < -0.4 is 5.32 Å². The van der Waals surface area contributed by atoms with Gasteiger partial charge in [0.15, 0.2) is 0 Å². The van der Waals surface area contributed by atoms with E-state index in [1.807, 2.05) is 0 Å². The first-order valence-corrected chi connectivity index (χ1v) is 7.71. The van der Waals surface area contributed by atoms with E-state index in [0.29, 0.717) is 0 Å². The molecule has 0 radical (unpaired) electrons. The molecule has 0 aliphatic carbocycles.